The number of hydrogen-bond donors (Lipinski definition) is 3. The number of amides is 2. The van der Waals surface area contributed by atoms with Gasteiger partial charge in [0.15, 0.2) is 5.82 Å². The maximum atomic E-state index is 14.5. The summed E-state index contributed by atoms with van der Waals surface area (Å²) >= 11 is 0. The second-order valence-corrected chi connectivity index (χ2v) is 10.2. The lowest BCUT2D eigenvalue weighted by Gasteiger charge is -2.46. The lowest BCUT2D eigenvalue weighted by molar-refractivity contribution is -0.148. The minimum atomic E-state index is -3.20. The summed E-state index contributed by atoms with van der Waals surface area (Å²) in [6.45, 7) is 1.44. The van der Waals surface area contributed by atoms with Crippen molar-refractivity contribution in [1.82, 2.24) is 30.3 Å². The molecule has 2 aliphatic carbocycles. The molecular weight excluding hydrogens is 529 g/mol. The van der Waals surface area contributed by atoms with Gasteiger partial charge in [0.1, 0.15) is 17.1 Å². The third-order valence-corrected chi connectivity index (χ3v) is 7.62. The van der Waals surface area contributed by atoms with Crippen LogP contribution in [0.4, 0.5) is 27.6 Å². The van der Waals surface area contributed by atoms with E-state index in [4.69, 9.17) is 0 Å². The Hall–Kier alpha value is -4.17. The number of nitrogens with zero attached hydrogens (tertiary/aromatic N) is 4. The molecule has 0 radical (unpaired) electrons. The van der Waals surface area contributed by atoms with Gasteiger partial charge in [0.25, 0.3) is 29.9 Å². The molecule has 0 aromatic carbocycles. The second-order valence-electron chi connectivity index (χ2n) is 10.2. The molecule has 0 saturated heterocycles. The number of aromatic amines is 1. The number of carbonyl (C=O) groups excluding carboxylic acids is 3. The molecule has 2 saturated carbocycles. The number of anilines is 1. The number of Topliss-reactive ketones (excluding diaryl/α,β-unsaturated/α-hetero) is 1. The Morgan fingerprint density at radius 2 is 1.97 bits per heavy atom. The molecule has 2 atom stereocenters. The van der Waals surface area contributed by atoms with Gasteiger partial charge in [-0.2, -0.15) is 15.4 Å². The van der Waals surface area contributed by atoms with E-state index in [-0.39, 0.29) is 34.5 Å². The van der Waals surface area contributed by atoms with Crippen LogP contribution in [0.5, 0.6) is 0 Å². The van der Waals surface area contributed by atoms with E-state index in [1.807, 2.05) is 0 Å². The van der Waals surface area contributed by atoms with Crippen molar-refractivity contribution in [3.05, 3.63) is 58.2 Å². The first-order valence-corrected chi connectivity index (χ1v) is 12.0. The summed E-state index contributed by atoms with van der Waals surface area (Å²) in [5, 5.41) is 14.4. The van der Waals surface area contributed by atoms with E-state index >= 15 is 0 Å². The molecule has 2 fully saturated rings. The van der Waals surface area contributed by atoms with Crippen molar-refractivity contribution in [3.8, 4) is 0 Å². The number of H-pyrrole nitrogens is 1. The van der Waals surface area contributed by atoms with Gasteiger partial charge in [-0.3, -0.25) is 19.4 Å². The molecule has 3 N–H and O–H groups in total. The van der Waals surface area contributed by atoms with Crippen molar-refractivity contribution in [2.75, 3.05) is 5.32 Å². The number of fused-ring (bicyclic) bond motifs is 3. The highest BCUT2D eigenvalue weighted by Gasteiger charge is 2.60. The molecule has 3 aromatic heterocycles. The summed E-state index contributed by atoms with van der Waals surface area (Å²) < 4.78 is 70.0. The molecule has 2 amide bonds. The SMILES string of the molecule is Cc1c(C(=O)C(=O)NC2(c3cn[nH]n3)CC(F)(F)C2)c2n(c1C(=O)Nc1ccnc(C(F)F)c1F)[C@@H]1C[C@@H]1C2. The smallest absolute Gasteiger partial charge is 0.293 e. The first-order valence-electron chi connectivity index (χ1n) is 12.0. The number of aromatic nitrogens is 5. The van der Waals surface area contributed by atoms with E-state index in [1.165, 1.54) is 13.1 Å². The Labute approximate surface area is 216 Å². The minimum Gasteiger partial charge on any atom is -0.337 e. The second kappa shape index (κ2) is 8.41. The molecule has 15 heteroatoms. The van der Waals surface area contributed by atoms with E-state index in [9.17, 15) is 36.3 Å². The van der Waals surface area contributed by atoms with Crippen LogP contribution in [-0.4, -0.2) is 48.5 Å². The molecule has 6 rings (SSSR count). The number of halogens is 5. The summed E-state index contributed by atoms with van der Waals surface area (Å²) in [5.41, 5.74) is -2.68. The Morgan fingerprint density at radius 3 is 2.62 bits per heavy atom. The van der Waals surface area contributed by atoms with E-state index in [0.29, 0.717) is 12.1 Å². The molecule has 1 aliphatic heterocycles. The lowest BCUT2D eigenvalue weighted by atomic mass is 9.71. The summed E-state index contributed by atoms with van der Waals surface area (Å²) in [6.07, 6.45) is -1.49. The fourth-order valence-corrected chi connectivity index (χ4v) is 5.81. The zero-order valence-corrected chi connectivity index (χ0v) is 20.2. The molecule has 10 nitrogen and oxygen atoms in total. The summed E-state index contributed by atoms with van der Waals surface area (Å²) in [5.74, 6) is -7.35. The predicted octanol–water partition coefficient (Wildman–Crippen LogP) is 3.38. The van der Waals surface area contributed by atoms with Crippen LogP contribution in [0.2, 0.25) is 0 Å². The fourth-order valence-electron chi connectivity index (χ4n) is 5.81. The summed E-state index contributed by atoms with van der Waals surface area (Å²) in [6, 6.07) is 0.911. The molecule has 3 aromatic rings. The molecule has 3 aliphatic rings. The van der Waals surface area contributed by atoms with Crippen molar-refractivity contribution in [2.45, 2.75) is 56.5 Å². The molecule has 204 valence electrons. The number of rotatable bonds is 7. The highest BCUT2D eigenvalue weighted by atomic mass is 19.3. The van der Waals surface area contributed by atoms with Gasteiger partial charge >= 0.3 is 0 Å². The Balaban J connectivity index is 1.32. The van der Waals surface area contributed by atoms with Gasteiger partial charge in [0, 0.05) is 30.8 Å². The third-order valence-electron chi connectivity index (χ3n) is 7.62. The van der Waals surface area contributed by atoms with Gasteiger partial charge in [-0.05, 0) is 37.3 Å². The van der Waals surface area contributed by atoms with Gasteiger partial charge in [-0.25, -0.2) is 22.0 Å². The Bertz CT molecular complexity index is 1530. The van der Waals surface area contributed by atoms with Crippen LogP contribution in [0.1, 0.15) is 75.2 Å². The molecular formula is C24H20F5N7O3. The minimum absolute atomic E-state index is 0.0117. The number of carbonyl (C=O) groups is 3. The maximum Gasteiger partial charge on any atom is 0.293 e. The van der Waals surface area contributed by atoms with Gasteiger partial charge in [0.2, 0.25) is 0 Å². The average Bonchev–Trinajstić information content (AvgIpc) is 3.18. The highest BCUT2D eigenvalue weighted by Crippen LogP contribution is 2.55. The first-order chi connectivity index (χ1) is 18.4. The Morgan fingerprint density at radius 1 is 1.23 bits per heavy atom. The van der Waals surface area contributed by atoms with Crippen LogP contribution in [-0.2, 0) is 16.8 Å². The van der Waals surface area contributed by atoms with Crippen molar-refractivity contribution in [2.24, 2.45) is 5.92 Å². The van der Waals surface area contributed by atoms with Crippen LogP contribution in [0.25, 0.3) is 0 Å². The van der Waals surface area contributed by atoms with Crippen LogP contribution < -0.4 is 10.6 Å². The number of alkyl halides is 4. The number of nitrogens with one attached hydrogen (secondary N) is 3. The van der Waals surface area contributed by atoms with Gasteiger partial charge in [-0.1, -0.05) is 0 Å². The summed E-state index contributed by atoms with van der Waals surface area (Å²) in [4.78, 5) is 43.1. The fraction of sp³-hybridized carbons (Fsp3) is 0.417. The number of hydrogen-bond acceptors (Lipinski definition) is 6. The number of pyridine rings is 1. The van der Waals surface area contributed by atoms with Crippen LogP contribution in [0, 0.1) is 18.7 Å². The molecule has 4 heterocycles. The van der Waals surface area contributed by atoms with Gasteiger partial charge < -0.3 is 15.2 Å². The van der Waals surface area contributed by atoms with Crippen LogP contribution in [0.3, 0.4) is 0 Å². The molecule has 0 unspecified atom stereocenters. The van der Waals surface area contributed by atoms with Crippen LogP contribution in [0.15, 0.2) is 18.5 Å². The van der Waals surface area contributed by atoms with E-state index in [0.717, 1.165) is 18.7 Å². The standard InChI is InChI=1S/C24H20F5N7O3/c1-9-15(19(37)22(39)33-23(7-24(28,29)8-23)14-6-31-35-34-14)13-5-10-4-12(10)36(13)18(9)21(38)32-11-2-3-30-17(16(11)25)20(26)27/h2-3,6,10,12,20H,4-5,7-8H2,1H3,(H,33,39)(H,30,32,38)(H,31,34,35)/t10-,12-/m1/s1. The number of ketones is 1. The normalized spacial score (nSPS) is 21.6. The Kier molecular flexibility index (Phi) is 5.42. The van der Waals surface area contributed by atoms with Gasteiger partial charge in [-0.15, -0.1) is 0 Å². The van der Waals surface area contributed by atoms with Crippen molar-refractivity contribution >= 4 is 23.3 Å². The predicted molar refractivity (Wildman–Crippen MR) is 122 cm³/mol. The van der Waals surface area contributed by atoms with Crippen molar-refractivity contribution < 1.29 is 36.3 Å². The van der Waals surface area contributed by atoms with E-state index in [1.54, 1.807) is 4.57 Å². The van der Waals surface area contributed by atoms with Crippen molar-refractivity contribution in [3.63, 3.8) is 0 Å². The van der Waals surface area contributed by atoms with E-state index in [2.05, 4.69) is 31.0 Å². The molecule has 39 heavy (non-hydrogen) atoms. The zero-order valence-electron chi connectivity index (χ0n) is 20.2. The van der Waals surface area contributed by atoms with Crippen LogP contribution >= 0.6 is 0 Å². The maximum absolute atomic E-state index is 14.5. The summed E-state index contributed by atoms with van der Waals surface area (Å²) in [7, 11) is 0. The lowest BCUT2D eigenvalue weighted by Crippen LogP contribution is -2.61. The first kappa shape index (κ1) is 25.1. The van der Waals surface area contributed by atoms with Gasteiger partial charge in [0.05, 0.1) is 23.0 Å². The average molecular weight is 549 g/mol. The molecule has 0 spiro atoms. The quantitative estimate of drug-likeness (QED) is 0.235. The largest absolute Gasteiger partial charge is 0.337 e. The molecule has 0 bridgehead atoms. The topological polar surface area (TPSA) is 135 Å². The third kappa shape index (κ3) is 3.89. The van der Waals surface area contributed by atoms with E-state index < -0.39 is 65.5 Å². The highest BCUT2D eigenvalue weighted by molar-refractivity contribution is 6.44. The van der Waals surface area contributed by atoms with Crippen molar-refractivity contribution in [1.29, 1.82) is 0 Å². The zero-order chi connectivity index (χ0) is 27.9. The monoisotopic (exact) mass is 549 g/mol.